The van der Waals surface area contributed by atoms with Crippen LogP contribution in [0.1, 0.15) is 34.5 Å². The average molecular weight is 467 g/mol. The number of aryl methyl sites for hydroxylation is 1. The standard InChI is InChI=1S/C28H26N4O3/c1-18-7-6-8-21(17-18)25-16-15-24(27(34)32-25)26(33)29-19(2)20-11-13-23(14-12-20)31-28(35)30-22-9-4-3-5-10-22/h3-17,19H,1-2H3,(H,29,33)(H,32,34)(H2,30,31,35). The maximum atomic E-state index is 12.7. The molecule has 4 rings (SSSR count). The minimum Gasteiger partial charge on any atom is -0.345 e. The topological polar surface area (TPSA) is 103 Å². The fraction of sp³-hybridized carbons (Fsp3) is 0.107. The summed E-state index contributed by atoms with van der Waals surface area (Å²) in [6.07, 6.45) is 0. The molecule has 176 valence electrons. The predicted molar refractivity (Wildman–Crippen MR) is 139 cm³/mol. The Bertz CT molecular complexity index is 1400. The Morgan fingerprint density at radius 1 is 0.800 bits per heavy atom. The monoisotopic (exact) mass is 466 g/mol. The molecule has 1 unspecified atom stereocenters. The summed E-state index contributed by atoms with van der Waals surface area (Å²) >= 11 is 0. The Kier molecular flexibility index (Phi) is 7.07. The number of aromatic amines is 1. The van der Waals surface area contributed by atoms with Crippen LogP contribution < -0.4 is 21.5 Å². The third-order valence-electron chi connectivity index (χ3n) is 5.53. The summed E-state index contributed by atoms with van der Waals surface area (Å²) < 4.78 is 0. The summed E-state index contributed by atoms with van der Waals surface area (Å²) in [5, 5.41) is 8.38. The number of nitrogens with one attached hydrogen (secondary N) is 4. The third-order valence-corrected chi connectivity index (χ3v) is 5.53. The van der Waals surface area contributed by atoms with Crippen molar-refractivity contribution in [3.63, 3.8) is 0 Å². The molecule has 7 nitrogen and oxygen atoms in total. The van der Waals surface area contributed by atoms with E-state index in [4.69, 9.17) is 0 Å². The van der Waals surface area contributed by atoms with E-state index in [1.54, 1.807) is 30.3 Å². The first kappa shape index (κ1) is 23.5. The Hall–Kier alpha value is -4.65. The van der Waals surface area contributed by atoms with Gasteiger partial charge in [0.05, 0.1) is 6.04 Å². The molecule has 0 aliphatic carbocycles. The van der Waals surface area contributed by atoms with Crippen LogP contribution >= 0.6 is 0 Å². The highest BCUT2D eigenvalue weighted by Gasteiger charge is 2.15. The molecule has 3 amide bonds. The van der Waals surface area contributed by atoms with Crippen molar-refractivity contribution in [2.45, 2.75) is 19.9 Å². The summed E-state index contributed by atoms with van der Waals surface area (Å²) in [4.78, 5) is 40.3. The van der Waals surface area contributed by atoms with Crippen molar-refractivity contribution in [2.75, 3.05) is 10.6 Å². The molecule has 4 aromatic rings. The van der Waals surface area contributed by atoms with Gasteiger partial charge in [-0.3, -0.25) is 9.59 Å². The van der Waals surface area contributed by atoms with E-state index in [0.29, 0.717) is 17.1 Å². The van der Waals surface area contributed by atoms with Gasteiger partial charge in [0.25, 0.3) is 11.5 Å². The van der Waals surface area contributed by atoms with Gasteiger partial charge in [0.1, 0.15) is 5.56 Å². The molecule has 1 atom stereocenters. The molecule has 0 aliphatic rings. The fourth-order valence-electron chi connectivity index (χ4n) is 3.66. The number of H-pyrrole nitrogens is 1. The van der Waals surface area contributed by atoms with Crippen molar-refractivity contribution in [3.05, 3.63) is 118 Å². The summed E-state index contributed by atoms with van der Waals surface area (Å²) in [6, 6.07) is 26.6. The molecular formula is C28H26N4O3. The highest BCUT2D eigenvalue weighted by atomic mass is 16.2. The van der Waals surface area contributed by atoms with Gasteiger partial charge in [0, 0.05) is 17.1 Å². The van der Waals surface area contributed by atoms with Crippen molar-refractivity contribution < 1.29 is 9.59 Å². The minimum absolute atomic E-state index is 0.0455. The van der Waals surface area contributed by atoms with E-state index < -0.39 is 11.5 Å². The molecular weight excluding hydrogens is 440 g/mol. The normalized spacial score (nSPS) is 11.4. The third kappa shape index (κ3) is 6.03. The van der Waals surface area contributed by atoms with Crippen LogP contribution in [0.3, 0.4) is 0 Å². The average Bonchev–Trinajstić information content (AvgIpc) is 2.85. The molecule has 7 heteroatoms. The Labute approximate surface area is 203 Å². The van der Waals surface area contributed by atoms with E-state index in [9.17, 15) is 14.4 Å². The van der Waals surface area contributed by atoms with E-state index in [2.05, 4.69) is 20.9 Å². The Morgan fingerprint density at radius 2 is 1.49 bits per heavy atom. The van der Waals surface area contributed by atoms with Crippen LogP contribution in [0, 0.1) is 6.92 Å². The van der Waals surface area contributed by atoms with Gasteiger partial charge in [-0.15, -0.1) is 0 Å². The van der Waals surface area contributed by atoms with E-state index in [1.165, 1.54) is 6.07 Å². The second-order valence-corrected chi connectivity index (χ2v) is 8.25. The van der Waals surface area contributed by atoms with Gasteiger partial charge in [-0.1, -0.05) is 54.1 Å². The summed E-state index contributed by atoms with van der Waals surface area (Å²) in [6.45, 7) is 3.81. The van der Waals surface area contributed by atoms with Crippen LogP contribution in [0.2, 0.25) is 0 Å². The van der Waals surface area contributed by atoms with E-state index in [-0.39, 0.29) is 17.6 Å². The Morgan fingerprint density at radius 3 is 2.14 bits per heavy atom. The zero-order chi connectivity index (χ0) is 24.8. The molecule has 1 heterocycles. The molecule has 0 fully saturated rings. The van der Waals surface area contributed by atoms with Gasteiger partial charge < -0.3 is 20.9 Å². The quantitative estimate of drug-likeness (QED) is 0.302. The molecule has 35 heavy (non-hydrogen) atoms. The molecule has 0 saturated heterocycles. The number of carbonyl (C=O) groups is 2. The zero-order valence-electron chi connectivity index (χ0n) is 19.5. The molecule has 0 aliphatic heterocycles. The van der Waals surface area contributed by atoms with Crippen LogP contribution in [-0.2, 0) is 0 Å². The van der Waals surface area contributed by atoms with E-state index >= 15 is 0 Å². The molecule has 3 aromatic carbocycles. The van der Waals surface area contributed by atoms with Crippen LogP contribution in [0.25, 0.3) is 11.3 Å². The zero-order valence-corrected chi connectivity index (χ0v) is 19.5. The summed E-state index contributed by atoms with van der Waals surface area (Å²) in [7, 11) is 0. The molecule has 1 aromatic heterocycles. The maximum absolute atomic E-state index is 12.7. The van der Waals surface area contributed by atoms with Crippen molar-refractivity contribution in [1.29, 1.82) is 0 Å². The van der Waals surface area contributed by atoms with Gasteiger partial charge in [-0.05, 0) is 67.4 Å². The smallest absolute Gasteiger partial charge is 0.323 e. The van der Waals surface area contributed by atoms with Crippen molar-refractivity contribution in [2.24, 2.45) is 0 Å². The van der Waals surface area contributed by atoms with E-state index in [1.807, 2.05) is 68.4 Å². The molecule has 0 spiro atoms. The lowest BCUT2D eigenvalue weighted by Crippen LogP contribution is -2.31. The number of urea groups is 1. The Balaban J connectivity index is 1.37. The second kappa shape index (κ2) is 10.5. The molecule has 0 saturated carbocycles. The number of anilines is 2. The van der Waals surface area contributed by atoms with E-state index in [0.717, 1.165) is 16.7 Å². The van der Waals surface area contributed by atoms with Crippen molar-refractivity contribution >= 4 is 23.3 Å². The highest BCUT2D eigenvalue weighted by Crippen LogP contribution is 2.19. The van der Waals surface area contributed by atoms with Crippen molar-refractivity contribution in [3.8, 4) is 11.3 Å². The number of rotatable bonds is 6. The van der Waals surface area contributed by atoms with Crippen molar-refractivity contribution in [1.82, 2.24) is 10.3 Å². The van der Waals surface area contributed by atoms with Gasteiger partial charge in [0.15, 0.2) is 0 Å². The molecule has 4 N–H and O–H groups in total. The number of amides is 3. The SMILES string of the molecule is Cc1cccc(-c2ccc(C(=O)NC(C)c3ccc(NC(=O)Nc4ccccc4)cc3)c(=O)[nH]2)c1. The number of benzene rings is 3. The van der Waals surface area contributed by atoms with Gasteiger partial charge in [-0.25, -0.2) is 4.79 Å². The second-order valence-electron chi connectivity index (χ2n) is 8.25. The predicted octanol–water partition coefficient (Wildman–Crippen LogP) is 5.49. The largest absolute Gasteiger partial charge is 0.345 e. The maximum Gasteiger partial charge on any atom is 0.323 e. The summed E-state index contributed by atoms with van der Waals surface area (Å²) in [5.74, 6) is -0.459. The highest BCUT2D eigenvalue weighted by molar-refractivity contribution is 5.99. The van der Waals surface area contributed by atoms with Gasteiger partial charge in [-0.2, -0.15) is 0 Å². The fourth-order valence-corrected chi connectivity index (χ4v) is 3.66. The number of hydrogen-bond donors (Lipinski definition) is 4. The number of carbonyl (C=O) groups excluding carboxylic acids is 2. The molecule has 0 bridgehead atoms. The lowest BCUT2D eigenvalue weighted by atomic mass is 10.1. The first-order valence-electron chi connectivity index (χ1n) is 11.2. The van der Waals surface area contributed by atoms with Gasteiger partial charge in [0.2, 0.25) is 0 Å². The first-order valence-corrected chi connectivity index (χ1v) is 11.2. The van der Waals surface area contributed by atoms with Crippen LogP contribution in [0.15, 0.2) is 95.8 Å². The molecule has 0 radical (unpaired) electrons. The number of para-hydroxylation sites is 1. The number of pyridine rings is 1. The number of aromatic nitrogens is 1. The van der Waals surface area contributed by atoms with Crippen LogP contribution in [0.4, 0.5) is 16.2 Å². The minimum atomic E-state index is -0.459. The number of hydrogen-bond acceptors (Lipinski definition) is 3. The lowest BCUT2D eigenvalue weighted by molar-refractivity contribution is 0.0938. The van der Waals surface area contributed by atoms with Crippen LogP contribution in [0.5, 0.6) is 0 Å². The summed E-state index contributed by atoms with van der Waals surface area (Å²) in [5.41, 5.74) is 4.36. The lowest BCUT2D eigenvalue weighted by Gasteiger charge is -2.15. The van der Waals surface area contributed by atoms with Crippen LogP contribution in [-0.4, -0.2) is 16.9 Å². The van der Waals surface area contributed by atoms with Gasteiger partial charge >= 0.3 is 6.03 Å². The first-order chi connectivity index (χ1) is 16.9.